The van der Waals surface area contributed by atoms with E-state index in [0.29, 0.717) is 12.8 Å². The largest absolute Gasteiger partial charge is 0.326 e. The van der Waals surface area contributed by atoms with E-state index in [0.717, 1.165) is 14.6 Å². The fourth-order valence-corrected chi connectivity index (χ4v) is 2.84. The van der Waals surface area contributed by atoms with Crippen molar-refractivity contribution in [2.75, 3.05) is 5.32 Å². The third kappa shape index (κ3) is 2.71. The first kappa shape index (κ1) is 11.8. The van der Waals surface area contributed by atoms with E-state index in [1.54, 1.807) is 0 Å². The van der Waals surface area contributed by atoms with Gasteiger partial charge in [0.1, 0.15) is 5.78 Å². The molecule has 1 aromatic carbocycles. The standard InChI is InChI=1S/C11H9Br2NO2/c12-7-3-8(13)5-9(4-7)14-11(16)6-1-10(15)2-6/h3-6H,1-2H2,(H,14,16). The van der Waals surface area contributed by atoms with Gasteiger partial charge in [-0.1, -0.05) is 31.9 Å². The Morgan fingerprint density at radius 3 is 2.25 bits per heavy atom. The Balaban J connectivity index is 2.03. The van der Waals surface area contributed by atoms with Gasteiger partial charge in [-0.3, -0.25) is 9.59 Å². The lowest BCUT2D eigenvalue weighted by atomic mass is 9.83. The highest BCUT2D eigenvalue weighted by atomic mass is 79.9. The van der Waals surface area contributed by atoms with Gasteiger partial charge in [-0.25, -0.2) is 0 Å². The molecule has 0 radical (unpaired) electrons. The van der Waals surface area contributed by atoms with E-state index in [9.17, 15) is 9.59 Å². The number of nitrogens with one attached hydrogen (secondary N) is 1. The van der Waals surface area contributed by atoms with Gasteiger partial charge in [0.15, 0.2) is 0 Å². The topological polar surface area (TPSA) is 46.2 Å². The van der Waals surface area contributed by atoms with Gasteiger partial charge < -0.3 is 5.32 Å². The Bertz CT molecular complexity index is 431. The summed E-state index contributed by atoms with van der Waals surface area (Å²) in [5.74, 6) is -0.0644. The number of Topliss-reactive ketones (excluding diaryl/α,β-unsaturated/α-hetero) is 1. The summed E-state index contributed by atoms with van der Waals surface area (Å²) in [7, 11) is 0. The first-order valence-electron chi connectivity index (χ1n) is 4.83. The SMILES string of the molecule is O=C1CC(C(=O)Nc2cc(Br)cc(Br)c2)C1. The third-order valence-electron chi connectivity index (χ3n) is 2.45. The number of hydrogen-bond donors (Lipinski definition) is 1. The maximum atomic E-state index is 11.7. The summed E-state index contributed by atoms with van der Waals surface area (Å²) in [5.41, 5.74) is 0.727. The van der Waals surface area contributed by atoms with Gasteiger partial charge >= 0.3 is 0 Å². The summed E-state index contributed by atoms with van der Waals surface area (Å²) < 4.78 is 1.78. The van der Waals surface area contributed by atoms with Gasteiger partial charge in [0, 0.05) is 27.5 Å². The van der Waals surface area contributed by atoms with Crippen LogP contribution in [-0.2, 0) is 9.59 Å². The Kier molecular flexibility index (Phi) is 3.44. The number of benzene rings is 1. The zero-order valence-electron chi connectivity index (χ0n) is 8.30. The summed E-state index contributed by atoms with van der Waals surface area (Å²) in [6.45, 7) is 0. The molecule has 0 unspecified atom stereocenters. The van der Waals surface area contributed by atoms with Gasteiger partial charge in [0.05, 0.1) is 5.92 Å². The van der Waals surface area contributed by atoms with Gasteiger partial charge in [-0.2, -0.15) is 0 Å². The van der Waals surface area contributed by atoms with Crippen molar-refractivity contribution in [1.29, 1.82) is 0 Å². The number of ketones is 1. The lowest BCUT2D eigenvalue weighted by Gasteiger charge is -2.22. The van der Waals surface area contributed by atoms with Crippen LogP contribution in [0.4, 0.5) is 5.69 Å². The predicted molar refractivity (Wildman–Crippen MR) is 68.2 cm³/mol. The molecule has 0 aromatic heterocycles. The lowest BCUT2D eigenvalue weighted by Crippen LogP contribution is -2.34. The second-order valence-electron chi connectivity index (χ2n) is 3.79. The average Bonchev–Trinajstić information content (AvgIpc) is 2.10. The van der Waals surface area contributed by atoms with Crippen LogP contribution >= 0.6 is 31.9 Å². The van der Waals surface area contributed by atoms with E-state index in [1.165, 1.54) is 0 Å². The van der Waals surface area contributed by atoms with Crippen molar-refractivity contribution in [3.63, 3.8) is 0 Å². The van der Waals surface area contributed by atoms with E-state index >= 15 is 0 Å². The fraction of sp³-hybridized carbons (Fsp3) is 0.273. The van der Waals surface area contributed by atoms with Crippen molar-refractivity contribution in [1.82, 2.24) is 0 Å². The molecule has 1 amide bonds. The zero-order valence-corrected chi connectivity index (χ0v) is 11.5. The highest BCUT2D eigenvalue weighted by Gasteiger charge is 2.32. The lowest BCUT2D eigenvalue weighted by molar-refractivity contribution is -0.135. The number of halogens is 2. The van der Waals surface area contributed by atoms with E-state index < -0.39 is 0 Å². The molecule has 84 valence electrons. The van der Waals surface area contributed by atoms with Crippen LogP contribution in [0, 0.1) is 5.92 Å². The molecular weight excluding hydrogens is 338 g/mol. The molecule has 0 aliphatic heterocycles. The molecule has 1 N–H and O–H groups in total. The minimum absolute atomic E-state index is 0.0791. The number of anilines is 1. The van der Waals surface area contributed by atoms with Gasteiger partial charge in [0.25, 0.3) is 0 Å². The quantitative estimate of drug-likeness (QED) is 0.894. The van der Waals surface area contributed by atoms with E-state index in [4.69, 9.17) is 0 Å². The summed E-state index contributed by atoms with van der Waals surface area (Å²) in [4.78, 5) is 22.4. The normalized spacial score (nSPS) is 15.8. The molecule has 16 heavy (non-hydrogen) atoms. The van der Waals surface area contributed by atoms with Crippen LogP contribution < -0.4 is 5.32 Å². The molecule has 1 aliphatic carbocycles. The van der Waals surface area contributed by atoms with Crippen molar-refractivity contribution in [3.05, 3.63) is 27.1 Å². The van der Waals surface area contributed by atoms with Gasteiger partial charge in [-0.05, 0) is 18.2 Å². The number of amides is 1. The molecule has 5 heteroatoms. The molecule has 0 heterocycles. The molecule has 1 fully saturated rings. The maximum Gasteiger partial charge on any atom is 0.228 e. The number of carbonyl (C=O) groups excluding carboxylic acids is 2. The van der Waals surface area contributed by atoms with Crippen molar-refractivity contribution in [2.45, 2.75) is 12.8 Å². The molecule has 0 saturated heterocycles. The second kappa shape index (κ2) is 4.67. The number of carbonyl (C=O) groups is 2. The molecule has 0 atom stereocenters. The second-order valence-corrected chi connectivity index (χ2v) is 5.62. The molecule has 0 spiro atoms. The monoisotopic (exact) mass is 345 g/mol. The predicted octanol–water partition coefficient (Wildman–Crippen LogP) is 3.13. The Morgan fingerprint density at radius 2 is 1.75 bits per heavy atom. The van der Waals surface area contributed by atoms with E-state index in [-0.39, 0.29) is 17.6 Å². The van der Waals surface area contributed by atoms with Crippen molar-refractivity contribution >= 4 is 49.2 Å². The van der Waals surface area contributed by atoms with Crippen LogP contribution in [0.15, 0.2) is 27.1 Å². The molecule has 3 nitrogen and oxygen atoms in total. The van der Waals surface area contributed by atoms with Crippen LogP contribution in [0.2, 0.25) is 0 Å². The van der Waals surface area contributed by atoms with Gasteiger partial charge in [-0.15, -0.1) is 0 Å². The van der Waals surface area contributed by atoms with Crippen molar-refractivity contribution in [2.24, 2.45) is 5.92 Å². The number of hydrogen-bond acceptors (Lipinski definition) is 2. The molecule has 1 saturated carbocycles. The highest BCUT2D eigenvalue weighted by Crippen LogP contribution is 2.27. The fourth-order valence-electron chi connectivity index (χ4n) is 1.55. The van der Waals surface area contributed by atoms with Crippen LogP contribution in [0.5, 0.6) is 0 Å². The van der Waals surface area contributed by atoms with Gasteiger partial charge in [0.2, 0.25) is 5.91 Å². The van der Waals surface area contributed by atoms with Crippen molar-refractivity contribution < 1.29 is 9.59 Å². The third-order valence-corrected chi connectivity index (χ3v) is 3.36. The Labute approximate surface area is 110 Å². The van der Waals surface area contributed by atoms with Crippen LogP contribution in [0.3, 0.4) is 0 Å². The summed E-state index contributed by atoms with van der Waals surface area (Å²) in [6, 6.07) is 5.54. The number of rotatable bonds is 2. The van der Waals surface area contributed by atoms with E-state index in [1.807, 2.05) is 18.2 Å². The first-order chi connectivity index (χ1) is 7.54. The summed E-state index contributed by atoms with van der Waals surface area (Å²) >= 11 is 6.69. The first-order valence-corrected chi connectivity index (χ1v) is 6.42. The molecule has 0 bridgehead atoms. The summed E-state index contributed by atoms with van der Waals surface area (Å²) in [6.07, 6.45) is 0.752. The Morgan fingerprint density at radius 1 is 1.19 bits per heavy atom. The maximum absolute atomic E-state index is 11.7. The van der Waals surface area contributed by atoms with E-state index in [2.05, 4.69) is 37.2 Å². The van der Waals surface area contributed by atoms with Crippen LogP contribution in [0.1, 0.15) is 12.8 Å². The molecular formula is C11H9Br2NO2. The minimum Gasteiger partial charge on any atom is -0.326 e. The minimum atomic E-state index is -0.148. The average molecular weight is 347 g/mol. The Hall–Kier alpha value is -0.680. The summed E-state index contributed by atoms with van der Waals surface area (Å²) in [5, 5.41) is 2.79. The van der Waals surface area contributed by atoms with Crippen LogP contribution in [-0.4, -0.2) is 11.7 Å². The van der Waals surface area contributed by atoms with Crippen LogP contribution in [0.25, 0.3) is 0 Å². The molecule has 2 rings (SSSR count). The van der Waals surface area contributed by atoms with Crippen molar-refractivity contribution in [3.8, 4) is 0 Å². The molecule has 1 aliphatic rings. The molecule has 1 aromatic rings. The smallest absolute Gasteiger partial charge is 0.228 e. The zero-order chi connectivity index (χ0) is 11.7. The highest BCUT2D eigenvalue weighted by molar-refractivity contribution is 9.11.